The number of hydrogen-bond acceptors (Lipinski definition) is 6. The number of pyridine rings is 1. The van der Waals surface area contributed by atoms with Crippen LogP contribution in [0.2, 0.25) is 0 Å². The fourth-order valence-electron chi connectivity index (χ4n) is 4.02. The Labute approximate surface area is 234 Å². The van der Waals surface area contributed by atoms with E-state index in [2.05, 4.69) is 15.1 Å². The molecular formula is C26H31Cl3N4O4. The van der Waals surface area contributed by atoms with Crippen molar-refractivity contribution in [1.29, 1.82) is 0 Å². The fourth-order valence-corrected chi connectivity index (χ4v) is 4.02. The number of carboxylic acids is 1. The maximum Gasteiger partial charge on any atom is 0.336 e. The van der Waals surface area contributed by atoms with E-state index in [0.717, 1.165) is 18.8 Å². The molecule has 11 heteroatoms. The lowest BCUT2D eigenvalue weighted by atomic mass is 10.1. The summed E-state index contributed by atoms with van der Waals surface area (Å²) in [5.41, 5.74) is 3.02. The summed E-state index contributed by atoms with van der Waals surface area (Å²) in [4.78, 5) is 44.6. The zero-order valence-corrected chi connectivity index (χ0v) is 23.2. The molecule has 0 radical (unpaired) electrons. The zero-order valence-electron chi connectivity index (χ0n) is 20.8. The highest BCUT2D eigenvalue weighted by atomic mass is 35.5. The summed E-state index contributed by atoms with van der Waals surface area (Å²) in [6.07, 6.45) is 0. The third-order valence-electron chi connectivity index (χ3n) is 6.06. The Morgan fingerprint density at radius 3 is 2.03 bits per heavy atom. The summed E-state index contributed by atoms with van der Waals surface area (Å²) in [7, 11) is 0. The van der Waals surface area contributed by atoms with Crippen LogP contribution in [0.1, 0.15) is 41.5 Å². The number of aromatic carboxylic acids is 1. The number of anilines is 3. The van der Waals surface area contributed by atoms with Crippen LogP contribution in [0.25, 0.3) is 10.9 Å². The number of ketones is 1. The van der Waals surface area contributed by atoms with E-state index in [0.29, 0.717) is 41.1 Å². The van der Waals surface area contributed by atoms with Gasteiger partial charge in [0.1, 0.15) is 5.82 Å². The van der Waals surface area contributed by atoms with Crippen molar-refractivity contribution in [2.75, 3.05) is 41.3 Å². The fraction of sp³-hybridized carbons (Fsp3) is 0.308. The number of halogens is 3. The maximum absolute atomic E-state index is 12.0. The molecule has 0 atom stereocenters. The first-order valence-electron chi connectivity index (χ1n) is 11.3. The Hall–Kier alpha value is -3.07. The molecule has 200 valence electrons. The Kier molecular flexibility index (Phi) is 11.6. The van der Waals surface area contributed by atoms with Crippen molar-refractivity contribution in [3.8, 4) is 0 Å². The van der Waals surface area contributed by atoms with E-state index in [4.69, 9.17) is 4.98 Å². The Morgan fingerprint density at radius 1 is 0.892 bits per heavy atom. The second-order valence-corrected chi connectivity index (χ2v) is 8.79. The smallest absolute Gasteiger partial charge is 0.336 e. The van der Waals surface area contributed by atoms with Gasteiger partial charge in [-0.2, -0.15) is 0 Å². The molecule has 2 aromatic carbocycles. The van der Waals surface area contributed by atoms with Crippen LogP contribution in [-0.4, -0.2) is 53.9 Å². The predicted molar refractivity (Wildman–Crippen MR) is 155 cm³/mol. The Bertz CT molecular complexity index is 1260. The van der Waals surface area contributed by atoms with Gasteiger partial charge in [-0.3, -0.25) is 9.59 Å². The van der Waals surface area contributed by atoms with Crippen LogP contribution in [0.3, 0.4) is 0 Å². The summed E-state index contributed by atoms with van der Waals surface area (Å²) in [5.74, 6) is -0.682. The number of hydrogen-bond donors (Lipinski definition) is 2. The first-order chi connectivity index (χ1) is 16.2. The molecule has 1 aliphatic heterocycles. The van der Waals surface area contributed by atoms with E-state index >= 15 is 0 Å². The van der Waals surface area contributed by atoms with E-state index < -0.39 is 5.97 Å². The minimum Gasteiger partial charge on any atom is -0.478 e. The number of piperazine rings is 1. The molecule has 2 N–H and O–H groups in total. The molecule has 0 saturated carbocycles. The monoisotopic (exact) mass is 568 g/mol. The minimum atomic E-state index is -1.04. The van der Waals surface area contributed by atoms with Crippen LogP contribution < -0.4 is 15.1 Å². The number of nitrogens with zero attached hydrogens (tertiary/aromatic N) is 3. The van der Waals surface area contributed by atoms with Crippen LogP contribution in [-0.2, 0) is 4.79 Å². The van der Waals surface area contributed by atoms with Gasteiger partial charge in [0.05, 0.1) is 11.1 Å². The largest absolute Gasteiger partial charge is 0.478 e. The summed E-state index contributed by atoms with van der Waals surface area (Å²) in [5, 5.41) is 13.2. The Balaban J connectivity index is 0.00000228. The van der Waals surface area contributed by atoms with E-state index in [9.17, 15) is 19.5 Å². The molecule has 0 unspecified atom stereocenters. The molecular weight excluding hydrogens is 539 g/mol. The number of nitrogens with one attached hydrogen (secondary N) is 1. The molecule has 0 spiro atoms. The first kappa shape index (κ1) is 32.0. The molecule has 0 aliphatic carbocycles. The number of carboxylic acid groups (broad SMARTS) is 1. The standard InChI is InChI=1S/C26H28N4O4.3ClH/c1-16(2)25(32)27-19-6-9-23-21(14-19)22(26(33)34)15-24(28-23)30-12-10-29(11-13-30)20-7-4-18(5-8-20)17(3)31;;;/h4-9,14-16H,10-13H2,1-3H3,(H,27,32)(H,33,34);3*1H. The number of benzene rings is 2. The highest BCUT2D eigenvalue weighted by Gasteiger charge is 2.21. The van der Waals surface area contributed by atoms with Gasteiger partial charge in [-0.25, -0.2) is 9.78 Å². The van der Waals surface area contributed by atoms with Gasteiger partial charge in [-0.1, -0.05) is 13.8 Å². The number of carbonyl (C=O) groups is 3. The highest BCUT2D eigenvalue weighted by Crippen LogP contribution is 2.28. The summed E-state index contributed by atoms with van der Waals surface area (Å²) in [6.45, 7) is 8.03. The van der Waals surface area contributed by atoms with Crippen LogP contribution in [0.15, 0.2) is 48.5 Å². The van der Waals surface area contributed by atoms with Gasteiger partial charge in [0.25, 0.3) is 0 Å². The van der Waals surface area contributed by atoms with Gasteiger partial charge >= 0.3 is 5.97 Å². The molecule has 37 heavy (non-hydrogen) atoms. The molecule has 1 aliphatic rings. The average Bonchev–Trinajstić information content (AvgIpc) is 2.83. The van der Waals surface area contributed by atoms with Crippen molar-refractivity contribution in [2.45, 2.75) is 20.8 Å². The number of fused-ring (bicyclic) bond motifs is 1. The van der Waals surface area contributed by atoms with Gasteiger partial charge in [-0.05, 0) is 55.5 Å². The first-order valence-corrected chi connectivity index (χ1v) is 11.3. The molecule has 1 amide bonds. The molecule has 0 bridgehead atoms. The van der Waals surface area contributed by atoms with Gasteiger partial charge in [0, 0.05) is 54.4 Å². The summed E-state index contributed by atoms with van der Waals surface area (Å²) >= 11 is 0. The van der Waals surface area contributed by atoms with Crippen molar-refractivity contribution in [3.05, 3.63) is 59.7 Å². The molecule has 1 saturated heterocycles. The average molecular weight is 570 g/mol. The quantitative estimate of drug-likeness (QED) is 0.387. The van der Waals surface area contributed by atoms with Crippen molar-refractivity contribution < 1.29 is 19.5 Å². The minimum absolute atomic E-state index is 0. The molecule has 4 rings (SSSR count). The van der Waals surface area contributed by atoms with Gasteiger partial charge < -0.3 is 20.2 Å². The van der Waals surface area contributed by atoms with Crippen molar-refractivity contribution in [3.63, 3.8) is 0 Å². The number of carbonyl (C=O) groups excluding carboxylic acids is 2. The number of rotatable bonds is 6. The lowest BCUT2D eigenvalue weighted by molar-refractivity contribution is -0.118. The maximum atomic E-state index is 12.0. The van der Waals surface area contributed by atoms with E-state index in [1.165, 1.54) is 0 Å². The second kappa shape index (κ2) is 13.5. The van der Waals surface area contributed by atoms with Crippen molar-refractivity contribution in [2.24, 2.45) is 5.92 Å². The molecule has 2 heterocycles. The lowest BCUT2D eigenvalue weighted by Gasteiger charge is -2.37. The molecule has 3 aromatic rings. The second-order valence-electron chi connectivity index (χ2n) is 8.79. The van der Waals surface area contributed by atoms with E-state index in [1.807, 2.05) is 24.3 Å². The van der Waals surface area contributed by atoms with Crippen LogP contribution in [0.4, 0.5) is 17.2 Å². The lowest BCUT2D eigenvalue weighted by Crippen LogP contribution is -2.46. The van der Waals surface area contributed by atoms with Crippen LogP contribution >= 0.6 is 37.2 Å². The van der Waals surface area contributed by atoms with Gasteiger partial charge in [-0.15, -0.1) is 37.2 Å². The van der Waals surface area contributed by atoms with E-state index in [-0.39, 0.29) is 60.4 Å². The van der Waals surface area contributed by atoms with Crippen LogP contribution in [0.5, 0.6) is 0 Å². The highest BCUT2D eigenvalue weighted by molar-refractivity contribution is 6.05. The van der Waals surface area contributed by atoms with Crippen molar-refractivity contribution >= 4 is 83.0 Å². The molecule has 8 nitrogen and oxygen atoms in total. The van der Waals surface area contributed by atoms with E-state index in [1.54, 1.807) is 45.0 Å². The zero-order chi connectivity index (χ0) is 24.4. The molecule has 1 aromatic heterocycles. The SMILES string of the molecule is CC(=O)c1ccc(N2CCN(c3cc(C(=O)O)c4cc(NC(=O)C(C)C)ccc4n3)CC2)cc1.Cl.Cl.Cl. The topological polar surface area (TPSA) is 103 Å². The number of amides is 1. The Morgan fingerprint density at radius 2 is 1.49 bits per heavy atom. The van der Waals surface area contributed by atoms with Gasteiger partial charge in [0.15, 0.2) is 5.78 Å². The summed E-state index contributed by atoms with van der Waals surface area (Å²) < 4.78 is 0. The number of aromatic nitrogens is 1. The number of Topliss-reactive ketones (excluding diaryl/α,β-unsaturated/α-hetero) is 1. The third kappa shape index (κ3) is 7.25. The molecule has 1 fully saturated rings. The van der Waals surface area contributed by atoms with Crippen molar-refractivity contribution in [1.82, 2.24) is 4.98 Å². The summed E-state index contributed by atoms with van der Waals surface area (Å²) in [6, 6.07) is 14.4. The predicted octanol–water partition coefficient (Wildman–Crippen LogP) is 5.32. The third-order valence-corrected chi connectivity index (χ3v) is 6.06. The normalized spacial score (nSPS) is 12.8. The van der Waals surface area contributed by atoms with Crippen LogP contribution in [0, 0.1) is 5.92 Å². The van der Waals surface area contributed by atoms with Gasteiger partial charge in [0.2, 0.25) is 5.91 Å².